The highest BCUT2D eigenvalue weighted by atomic mass is 14.8. The van der Waals surface area contributed by atoms with E-state index in [1.165, 1.54) is 36.0 Å². The van der Waals surface area contributed by atoms with Crippen LogP contribution in [0.2, 0.25) is 0 Å². The molecule has 17 heavy (non-hydrogen) atoms. The van der Waals surface area contributed by atoms with Crippen molar-refractivity contribution < 1.29 is 0 Å². The van der Waals surface area contributed by atoms with Crippen molar-refractivity contribution >= 4 is 0 Å². The van der Waals surface area contributed by atoms with Crippen LogP contribution in [0.5, 0.6) is 0 Å². The number of hydrogen-bond donors (Lipinski definition) is 1. The molecule has 0 heterocycles. The molecule has 0 aliphatic rings. The normalized spacial score (nSPS) is 11.1. The van der Waals surface area contributed by atoms with E-state index in [-0.39, 0.29) is 0 Å². The number of benzene rings is 1. The third-order valence-electron chi connectivity index (χ3n) is 3.11. The van der Waals surface area contributed by atoms with E-state index in [0.29, 0.717) is 0 Å². The molecule has 1 rings (SSSR count). The summed E-state index contributed by atoms with van der Waals surface area (Å²) in [6, 6.07) is 6.77. The van der Waals surface area contributed by atoms with Crippen LogP contribution in [-0.2, 0) is 6.42 Å². The number of rotatable bonds is 7. The summed E-state index contributed by atoms with van der Waals surface area (Å²) in [6.45, 7) is 11.2. The maximum atomic E-state index is 3.50. The summed E-state index contributed by atoms with van der Waals surface area (Å²) in [5, 5.41) is 3.50. The Kier molecular flexibility index (Phi) is 6.28. The largest absolute Gasteiger partial charge is 0.316 e. The van der Waals surface area contributed by atoms with Gasteiger partial charge in [-0.05, 0) is 63.2 Å². The first-order valence-electron chi connectivity index (χ1n) is 6.86. The topological polar surface area (TPSA) is 12.0 Å². The van der Waals surface area contributed by atoms with Gasteiger partial charge in [0.25, 0.3) is 0 Å². The molecule has 0 unspecified atom stereocenters. The van der Waals surface area contributed by atoms with Crippen LogP contribution in [0.25, 0.3) is 0 Å². The number of unbranched alkanes of at least 4 members (excludes halogenated alkanes) is 1. The Balaban J connectivity index is 2.20. The molecule has 1 heteroatoms. The molecular weight excluding hydrogens is 206 g/mol. The van der Waals surface area contributed by atoms with Gasteiger partial charge >= 0.3 is 0 Å². The second-order valence-corrected chi connectivity index (χ2v) is 5.49. The van der Waals surface area contributed by atoms with E-state index in [1.54, 1.807) is 0 Å². The van der Waals surface area contributed by atoms with Crippen LogP contribution >= 0.6 is 0 Å². The second-order valence-electron chi connectivity index (χ2n) is 5.49. The smallest absolute Gasteiger partial charge is 0.00258 e. The maximum absolute atomic E-state index is 3.50. The number of aryl methyl sites for hydroxylation is 3. The van der Waals surface area contributed by atoms with Crippen LogP contribution in [0.4, 0.5) is 0 Å². The highest BCUT2D eigenvalue weighted by molar-refractivity contribution is 5.30. The first-order chi connectivity index (χ1) is 8.09. The fourth-order valence-corrected chi connectivity index (χ4v) is 2.03. The highest BCUT2D eigenvalue weighted by Crippen LogP contribution is 2.13. The van der Waals surface area contributed by atoms with Crippen molar-refractivity contribution in [3.8, 4) is 0 Å². The van der Waals surface area contributed by atoms with Crippen LogP contribution in [-0.4, -0.2) is 13.1 Å². The van der Waals surface area contributed by atoms with Gasteiger partial charge in [-0.3, -0.25) is 0 Å². The predicted molar refractivity (Wildman–Crippen MR) is 76.6 cm³/mol. The van der Waals surface area contributed by atoms with Crippen LogP contribution in [0.1, 0.15) is 43.4 Å². The summed E-state index contributed by atoms with van der Waals surface area (Å²) in [5.74, 6) is 0.758. The molecule has 0 fully saturated rings. The van der Waals surface area contributed by atoms with E-state index < -0.39 is 0 Å². The molecule has 1 N–H and O–H groups in total. The van der Waals surface area contributed by atoms with E-state index in [4.69, 9.17) is 0 Å². The second kappa shape index (κ2) is 7.50. The minimum absolute atomic E-state index is 0.758. The van der Waals surface area contributed by atoms with Crippen LogP contribution < -0.4 is 5.32 Å². The lowest BCUT2D eigenvalue weighted by Gasteiger charge is -2.09. The van der Waals surface area contributed by atoms with Gasteiger partial charge in [-0.1, -0.05) is 37.6 Å². The molecular formula is C16H27N. The van der Waals surface area contributed by atoms with E-state index in [0.717, 1.165) is 19.0 Å². The Labute approximate surface area is 107 Å². The van der Waals surface area contributed by atoms with Gasteiger partial charge in [-0.15, -0.1) is 0 Å². The summed E-state index contributed by atoms with van der Waals surface area (Å²) < 4.78 is 0. The van der Waals surface area contributed by atoms with Crippen molar-refractivity contribution in [2.75, 3.05) is 13.1 Å². The first-order valence-corrected chi connectivity index (χ1v) is 6.86. The molecule has 0 spiro atoms. The Hall–Kier alpha value is -0.820. The summed E-state index contributed by atoms with van der Waals surface area (Å²) in [6.07, 6.45) is 3.78. The fraction of sp³-hybridized carbons (Fsp3) is 0.625. The molecule has 0 radical (unpaired) electrons. The monoisotopic (exact) mass is 233 g/mol. The predicted octanol–water partition coefficient (Wildman–Crippen LogP) is 3.87. The molecule has 96 valence electrons. The first kappa shape index (κ1) is 14.2. The number of nitrogens with one attached hydrogen (secondary N) is 1. The Morgan fingerprint density at radius 3 is 2.59 bits per heavy atom. The Bertz CT molecular complexity index is 328. The zero-order valence-corrected chi connectivity index (χ0v) is 11.8. The van der Waals surface area contributed by atoms with Crippen molar-refractivity contribution in [2.24, 2.45) is 5.92 Å². The molecule has 0 aliphatic heterocycles. The standard InChI is InChI=1S/C16H27N/c1-13(2)12-17-10-6-5-7-16-11-14(3)8-9-15(16)4/h8-9,11,13,17H,5-7,10,12H2,1-4H3. The van der Waals surface area contributed by atoms with Crippen molar-refractivity contribution in [1.82, 2.24) is 5.32 Å². The van der Waals surface area contributed by atoms with E-state index in [1.807, 2.05) is 0 Å². The number of hydrogen-bond acceptors (Lipinski definition) is 1. The van der Waals surface area contributed by atoms with Crippen molar-refractivity contribution in [3.05, 3.63) is 34.9 Å². The highest BCUT2D eigenvalue weighted by Gasteiger charge is 1.99. The van der Waals surface area contributed by atoms with Crippen molar-refractivity contribution in [3.63, 3.8) is 0 Å². The van der Waals surface area contributed by atoms with Gasteiger partial charge in [0, 0.05) is 0 Å². The lowest BCUT2D eigenvalue weighted by Crippen LogP contribution is -2.20. The van der Waals surface area contributed by atoms with E-state index >= 15 is 0 Å². The average Bonchev–Trinajstić information content (AvgIpc) is 2.27. The van der Waals surface area contributed by atoms with Gasteiger partial charge in [0.1, 0.15) is 0 Å². The molecule has 0 bridgehead atoms. The molecule has 1 aromatic carbocycles. The molecule has 1 nitrogen and oxygen atoms in total. The molecule has 0 saturated carbocycles. The van der Waals surface area contributed by atoms with Crippen molar-refractivity contribution in [1.29, 1.82) is 0 Å². The van der Waals surface area contributed by atoms with Crippen molar-refractivity contribution in [2.45, 2.75) is 47.0 Å². The van der Waals surface area contributed by atoms with Gasteiger partial charge in [-0.2, -0.15) is 0 Å². The lowest BCUT2D eigenvalue weighted by atomic mass is 10.0. The van der Waals surface area contributed by atoms with Gasteiger partial charge in [0.05, 0.1) is 0 Å². The zero-order chi connectivity index (χ0) is 12.7. The van der Waals surface area contributed by atoms with Crippen LogP contribution in [0.15, 0.2) is 18.2 Å². The molecule has 1 aromatic rings. The Morgan fingerprint density at radius 2 is 1.88 bits per heavy atom. The zero-order valence-electron chi connectivity index (χ0n) is 11.8. The van der Waals surface area contributed by atoms with E-state index in [9.17, 15) is 0 Å². The molecule has 0 saturated heterocycles. The van der Waals surface area contributed by atoms with Gasteiger partial charge in [0.2, 0.25) is 0 Å². The van der Waals surface area contributed by atoms with Gasteiger partial charge < -0.3 is 5.32 Å². The Morgan fingerprint density at radius 1 is 1.12 bits per heavy atom. The lowest BCUT2D eigenvalue weighted by molar-refractivity contribution is 0.535. The SMILES string of the molecule is Cc1ccc(C)c(CCCCNCC(C)C)c1. The fourth-order valence-electron chi connectivity index (χ4n) is 2.03. The third kappa shape index (κ3) is 5.88. The minimum Gasteiger partial charge on any atom is -0.316 e. The molecule has 0 amide bonds. The molecule has 0 aliphatic carbocycles. The third-order valence-corrected chi connectivity index (χ3v) is 3.11. The summed E-state index contributed by atoms with van der Waals surface area (Å²) in [7, 11) is 0. The molecule has 0 aromatic heterocycles. The van der Waals surface area contributed by atoms with Gasteiger partial charge in [-0.25, -0.2) is 0 Å². The quantitative estimate of drug-likeness (QED) is 0.705. The van der Waals surface area contributed by atoms with E-state index in [2.05, 4.69) is 51.2 Å². The van der Waals surface area contributed by atoms with Gasteiger partial charge in [0.15, 0.2) is 0 Å². The molecule has 0 atom stereocenters. The van der Waals surface area contributed by atoms with Crippen LogP contribution in [0.3, 0.4) is 0 Å². The average molecular weight is 233 g/mol. The summed E-state index contributed by atoms with van der Waals surface area (Å²) >= 11 is 0. The van der Waals surface area contributed by atoms with Crippen LogP contribution in [0, 0.1) is 19.8 Å². The minimum atomic E-state index is 0.758. The summed E-state index contributed by atoms with van der Waals surface area (Å²) in [4.78, 5) is 0. The summed E-state index contributed by atoms with van der Waals surface area (Å²) in [5.41, 5.74) is 4.34. The maximum Gasteiger partial charge on any atom is -0.00258 e.